The number of hydrogen-bond donors (Lipinski definition) is 2. The van der Waals surface area contributed by atoms with E-state index in [1.807, 2.05) is 0 Å². The zero-order valence-electron chi connectivity index (χ0n) is 14.7. The second-order valence-corrected chi connectivity index (χ2v) is 6.75. The Morgan fingerprint density at radius 3 is 1.82 bits per heavy atom. The number of methoxy groups -OCH3 is 2. The maximum absolute atomic E-state index is 5.99. The molecule has 28 heavy (non-hydrogen) atoms. The topological polar surface area (TPSA) is 93.6 Å². The van der Waals surface area contributed by atoms with Gasteiger partial charge in [0.15, 0.2) is 0 Å². The first-order chi connectivity index (χ1) is 13.3. The molecule has 0 bridgehead atoms. The molecular weight excluding hydrogens is 448 g/mol. The molecule has 0 saturated heterocycles. The second kappa shape index (κ2) is 10.4. The van der Waals surface area contributed by atoms with E-state index in [0.717, 1.165) is 0 Å². The summed E-state index contributed by atoms with van der Waals surface area (Å²) in [5.74, 6) is 0.940. The lowest BCUT2D eigenvalue weighted by atomic mass is 10.2. The Balaban J connectivity index is 2.08. The van der Waals surface area contributed by atoms with E-state index in [2.05, 4.69) is 20.7 Å². The smallest absolute Gasteiger partial charge is 0.234 e. The zero-order valence-corrected chi connectivity index (χ0v) is 17.7. The van der Waals surface area contributed by atoms with Gasteiger partial charge in [-0.15, -0.1) is 5.10 Å². The highest BCUT2D eigenvalue weighted by atomic mass is 35.5. The molecule has 0 heterocycles. The van der Waals surface area contributed by atoms with E-state index in [1.54, 1.807) is 24.3 Å². The molecule has 2 rings (SSSR count). The van der Waals surface area contributed by atoms with Gasteiger partial charge in [-0.25, -0.2) is 5.43 Å². The summed E-state index contributed by atoms with van der Waals surface area (Å²) in [4.78, 5) is 0. The van der Waals surface area contributed by atoms with Crippen LogP contribution in [-0.4, -0.2) is 32.6 Å². The molecule has 2 aromatic carbocycles. The Morgan fingerprint density at radius 2 is 1.32 bits per heavy atom. The van der Waals surface area contributed by atoms with Crippen LogP contribution in [0.5, 0.6) is 11.5 Å². The monoisotopic (exact) mass is 461 g/mol. The van der Waals surface area contributed by atoms with E-state index < -0.39 is 0 Å². The number of nitrogens with two attached hydrogens (primary N) is 1. The molecule has 0 fully saturated rings. The number of nitrogens with one attached hydrogen (secondary N) is 1. The average Bonchev–Trinajstić information content (AvgIpc) is 2.66. The molecule has 0 aliphatic rings. The fourth-order valence-corrected chi connectivity index (χ4v) is 2.64. The van der Waals surface area contributed by atoms with Gasteiger partial charge >= 0.3 is 0 Å². The number of hydrogen-bond acceptors (Lipinski definition) is 5. The molecule has 0 aliphatic carbocycles. The van der Waals surface area contributed by atoms with Gasteiger partial charge < -0.3 is 15.2 Å². The van der Waals surface area contributed by atoms with Crippen LogP contribution in [-0.2, 0) is 0 Å². The van der Waals surface area contributed by atoms with Gasteiger partial charge in [-0.1, -0.05) is 46.4 Å². The largest absolute Gasteiger partial charge is 0.496 e. The van der Waals surface area contributed by atoms with Gasteiger partial charge in [0.2, 0.25) is 5.96 Å². The number of ether oxygens (including phenoxy) is 2. The maximum atomic E-state index is 5.99. The van der Waals surface area contributed by atoms with Crippen LogP contribution in [0.1, 0.15) is 11.1 Å². The van der Waals surface area contributed by atoms with Gasteiger partial charge in [0.05, 0.1) is 46.7 Å². The van der Waals surface area contributed by atoms with Crippen molar-refractivity contribution in [2.24, 2.45) is 21.0 Å². The fourth-order valence-electron chi connectivity index (χ4n) is 1.99. The van der Waals surface area contributed by atoms with Gasteiger partial charge in [-0.2, -0.15) is 10.2 Å². The van der Waals surface area contributed by atoms with Crippen molar-refractivity contribution in [3.8, 4) is 11.5 Å². The number of benzene rings is 2. The number of guanidine groups is 1. The van der Waals surface area contributed by atoms with Crippen LogP contribution in [0.3, 0.4) is 0 Å². The quantitative estimate of drug-likeness (QED) is 0.373. The van der Waals surface area contributed by atoms with Gasteiger partial charge in [-0.05, 0) is 12.1 Å². The summed E-state index contributed by atoms with van der Waals surface area (Å²) in [6.07, 6.45) is 2.87. The van der Waals surface area contributed by atoms with Crippen molar-refractivity contribution < 1.29 is 9.47 Å². The first-order valence-corrected chi connectivity index (χ1v) is 9.08. The first-order valence-electron chi connectivity index (χ1n) is 7.57. The Hall–Kier alpha value is -2.19. The molecule has 11 heteroatoms. The van der Waals surface area contributed by atoms with Crippen molar-refractivity contribution >= 4 is 64.8 Å². The van der Waals surface area contributed by atoms with Crippen LogP contribution >= 0.6 is 46.4 Å². The Labute approximate surface area is 181 Å². The molecule has 0 aromatic heterocycles. The first kappa shape index (κ1) is 22.1. The molecule has 0 atom stereocenters. The van der Waals surface area contributed by atoms with Crippen molar-refractivity contribution in [2.45, 2.75) is 0 Å². The summed E-state index contributed by atoms with van der Waals surface area (Å²) in [5.41, 5.74) is 9.41. The summed E-state index contributed by atoms with van der Waals surface area (Å²) in [5, 5.41) is 13.1. The van der Waals surface area contributed by atoms with Gasteiger partial charge in [0.25, 0.3) is 0 Å². The van der Waals surface area contributed by atoms with E-state index in [0.29, 0.717) is 42.7 Å². The van der Waals surface area contributed by atoms with Crippen molar-refractivity contribution in [3.63, 3.8) is 0 Å². The van der Waals surface area contributed by atoms with E-state index in [-0.39, 0.29) is 5.96 Å². The van der Waals surface area contributed by atoms with E-state index in [1.165, 1.54) is 26.6 Å². The summed E-state index contributed by atoms with van der Waals surface area (Å²) >= 11 is 23.9. The molecule has 0 aliphatic heterocycles. The molecule has 148 valence electrons. The lowest BCUT2D eigenvalue weighted by Gasteiger charge is -2.06. The summed E-state index contributed by atoms with van der Waals surface area (Å²) in [7, 11) is 3.01. The van der Waals surface area contributed by atoms with Crippen molar-refractivity contribution in [3.05, 3.63) is 55.5 Å². The molecule has 0 unspecified atom stereocenters. The van der Waals surface area contributed by atoms with Crippen LogP contribution in [0.4, 0.5) is 0 Å². The van der Waals surface area contributed by atoms with Crippen molar-refractivity contribution in [2.75, 3.05) is 14.2 Å². The summed E-state index contributed by atoms with van der Waals surface area (Å²) in [6, 6.07) is 6.36. The number of hydrazone groups is 1. The van der Waals surface area contributed by atoms with Crippen LogP contribution in [0, 0.1) is 0 Å². The Morgan fingerprint density at radius 1 is 0.857 bits per heavy atom. The molecule has 0 radical (unpaired) electrons. The van der Waals surface area contributed by atoms with Crippen molar-refractivity contribution in [1.29, 1.82) is 0 Å². The number of rotatable bonds is 6. The predicted molar refractivity (Wildman–Crippen MR) is 116 cm³/mol. The minimum Gasteiger partial charge on any atom is -0.496 e. The normalized spacial score (nSPS) is 12.0. The highest BCUT2D eigenvalue weighted by molar-refractivity contribution is 6.42. The third-order valence-corrected chi connectivity index (χ3v) is 4.73. The number of nitrogens with zero attached hydrogens (tertiary/aromatic N) is 3. The van der Waals surface area contributed by atoms with Gasteiger partial charge in [0, 0.05) is 23.3 Å². The Bertz CT molecular complexity index is 948. The van der Waals surface area contributed by atoms with Crippen LogP contribution in [0.2, 0.25) is 20.1 Å². The third kappa shape index (κ3) is 5.90. The Kier molecular flexibility index (Phi) is 8.19. The maximum Gasteiger partial charge on any atom is 0.234 e. The standard InChI is InChI=1S/C17H15Cl4N5O2/c1-27-15-5-13(20)11(18)3-9(15)7-23-25-17(22)26-24-8-10-4-12(19)14(21)6-16(10)28-2/h3-8H,1-2H3,(H3,22,25,26). The molecule has 0 spiro atoms. The van der Waals surface area contributed by atoms with Gasteiger partial charge in [-0.3, -0.25) is 0 Å². The lowest BCUT2D eigenvalue weighted by molar-refractivity contribution is 0.414. The molecule has 0 amide bonds. The molecule has 3 N–H and O–H groups in total. The molecule has 2 aromatic rings. The van der Waals surface area contributed by atoms with Crippen LogP contribution < -0.4 is 20.6 Å². The fraction of sp³-hybridized carbons (Fsp3) is 0.118. The van der Waals surface area contributed by atoms with Crippen LogP contribution in [0.15, 0.2) is 39.6 Å². The summed E-state index contributed by atoms with van der Waals surface area (Å²) in [6.45, 7) is 0. The minimum absolute atomic E-state index is 0.0504. The van der Waals surface area contributed by atoms with E-state index in [9.17, 15) is 0 Å². The lowest BCUT2D eigenvalue weighted by Crippen LogP contribution is -2.26. The van der Waals surface area contributed by atoms with Crippen molar-refractivity contribution in [1.82, 2.24) is 5.43 Å². The highest BCUT2D eigenvalue weighted by Crippen LogP contribution is 2.30. The second-order valence-electron chi connectivity index (χ2n) is 5.12. The van der Waals surface area contributed by atoms with Gasteiger partial charge in [0.1, 0.15) is 11.5 Å². The molecular formula is C17H15Cl4N5O2. The average molecular weight is 463 g/mol. The zero-order chi connectivity index (χ0) is 20.7. The third-order valence-electron chi connectivity index (χ3n) is 3.29. The summed E-state index contributed by atoms with van der Waals surface area (Å²) < 4.78 is 10.4. The minimum atomic E-state index is -0.0504. The predicted octanol–water partition coefficient (Wildman–Crippen LogP) is 4.59. The van der Waals surface area contributed by atoms with E-state index in [4.69, 9.17) is 61.6 Å². The highest BCUT2D eigenvalue weighted by Gasteiger charge is 2.07. The molecule has 7 nitrogen and oxygen atoms in total. The number of halogens is 4. The SMILES string of the molecule is COc1cc(Cl)c(Cl)cc1C=NN=C(N)NN=Cc1cc(Cl)c(Cl)cc1OC. The van der Waals surface area contributed by atoms with E-state index >= 15 is 0 Å². The molecule has 0 saturated carbocycles. The van der Waals surface area contributed by atoms with Crippen LogP contribution in [0.25, 0.3) is 0 Å².